The lowest BCUT2D eigenvalue weighted by Crippen LogP contribution is -2.38. The molecule has 0 unspecified atom stereocenters. The normalized spacial score (nSPS) is 15.9. The van der Waals surface area contributed by atoms with Crippen LogP contribution < -0.4 is 0 Å². The second kappa shape index (κ2) is 14.1. The van der Waals surface area contributed by atoms with Gasteiger partial charge in [0, 0.05) is 86.1 Å². The van der Waals surface area contributed by atoms with E-state index >= 15 is 0 Å². The molecule has 3 aliphatic carbocycles. The van der Waals surface area contributed by atoms with Crippen molar-refractivity contribution in [2.75, 3.05) is 7.05 Å². The average molecular weight is 852 g/mol. The number of rotatable bonds is 7. The lowest BCUT2D eigenvalue weighted by Gasteiger charge is -2.37. The Balaban J connectivity index is 1.14. The van der Waals surface area contributed by atoms with E-state index in [2.05, 4.69) is 140 Å². The van der Waals surface area contributed by atoms with Crippen LogP contribution in [0.2, 0.25) is 0 Å². The van der Waals surface area contributed by atoms with Crippen molar-refractivity contribution in [1.29, 1.82) is 0 Å². The summed E-state index contributed by atoms with van der Waals surface area (Å²) < 4.78 is 4.15. The largest absolute Gasteiger partial charge is 0.490 e. The van der Waals surface area contributed by atoms with Crippen LogP contribution in [0.3, 0.4) is 0 Å². The third kappa shape index (κ3) is 4.87. The predicted octanol–water partition coefficient (Wildman–Crippen LogP) is 9.89. The van der Waals surface area contributed by atoms with Crippen molar-refractivity contribution in [1.82, 2.24) is 34.9 Å². The van der Waals surface area contributed by atoms with Gasteiger partial charge in [0.15, 0.2) is 7.05 Å². The molecular formula is C57H41N9+2. The molecule has 0 atom stereocenters. The molecule has 8 heterocycles. The molecule has 0 N–H and O–H groups in total. The first kappa shape index (κ1) is 38.1. The Hall–Kier alpha value is -8.39. The molecule has 4 aliphatic rings. The van der Waals surface area contributed by atoms with Gasteiger partial charge in [0.2, 0.25) is 12.4 Å². The van der Waals surface area contributed by atoms with Gasteiger partial charge in [0.25, 0.3) is 5.54 Å². The molecule has 0 fully saturated rings. The lowest BCUT2D eigenvalue weighted by atomic mass is 9.64. The first-order chi connectivity index (χ1) is 32.5. The van der Waals surface area contributed by atoms with Crippen LogP contribution in [0.1, 0.15) is 86.7 Å². The molecular weight excluding hydrogens is 811 g/mol. The van der Waals surface area contributed by atoms with Crippen molar-refractivity contribution in [3.8, 4) is 33.4 Å². The van der Waals surface area contributed by atoms with Crippen LogP contribution in [0.25, 0.3) is 33.4 Å². The number of fused-ring (bicyclic) bond motifs is 9. The van der Waals surface area contributed by atoms with Crippen molar-refractivity contribution in [3.05, 3.63) is 257 Å². The summed E-state index contributed by atoms with van der Waals surface area (Å²) in [7, 11) is 2.01. The lowest BCUT2D eigenvalue weighted by molar-refractivity contribution is -0.533. The molecule has 0 saturated heterocycles. The van der Waals surface area contributed by atoms with E-state index in [1.54, 1.807) is 0 Å². The van der Waals surface area contributed by atoms with Gasteiger partial charge in [-0.25, -0.2) is 0 Å². The monoisotopic (exact) mass is 851 g/mol. The van der Waals surface area contributed by atoms with Gasteiger partial charge < -0.3 is 0 Å². The summed E-state index contributed by atoms with van der Waals surface area (Å²) in [6.45, 7) is 4.46. The summed E-state index contributed by atoms with van der Waals surface area (Å²) in [6, 6.07) is 39.0. The minimum atomic E-state index is -0.873. The van der Waals surface area contributed by atoms with Crippen molar-refractivity contribution in [2.45, 2.75) is 36.1 Å². The molecule has 2 aromatic carbocycles. The Morgan fingerprint density at radius 2 is 0.848 bits per heavy atom. The van der Waals surface area contributed by atoms with Crippen LogP contribution in [0, 0.1) is 0 Å². The fourth-order valence-corrected chi connectivity index (χ4v) is 11.8. The van der Waals surface area contributed by atoms with Crippen molar-refractivity contribution < 1.29 is 9.15 Å². The number of benzene rings is 2. The van der Waals surface area contributed by atoms with Crippen molar-refractivity contribution in [2.24, 2.45) is 0 Å². The van der Waals surface area contributed by atoms with Crippen LogP contribution in [0.4, 0.5) is 0 Å². The molecule has 66 heavy (non-hydrogen) atoms. The highest BCUT2D eigenvalue weighted by Crippen LogP contribution is 2.60. The molecule has 0 radical (unpaired) electrons. The number of aromatic nitrogens is 7. The van der Waals surface area contributed by atoms with Crippen LogP contribution in [0.5, 0.6) is 0 Å². The topological polar surface area (TPSA) is 96.2 Å². The van der Waals surface area contributed by atoms with Gasteiger partial charge in [-0.3, -0.25) is 34.9 Å². The van der Waals surface area contributed by atoms with Gasteiger partial charge in [-0.1, -0.05) is 65.5 Å². The van der Waals surface area contributed by atoms with E-state index in [1.807, 2.05) is 86.0 Å². The number of hydrogen-bond acceptors (Lipinski definition) is 7. The van der Waals surface area contributed by atoms with Gasteiger partial charge in [-0.05, 0) is 138 Å². The average Bonchev–Trinajstić information content (AvgIpc) is 4.11. The summed E-state index contributed by atoms with van der Waals surface area (Å²) in [4.78, 5) is 34.1. The Morgan fingerprint density at radius 1 is 0.439 bits per heavy atom. The van der Waals surface area contributed by atoms with Gasteiger partial charge in [-0.15, -0.1) is 0 Å². The summed E-state index contributed by atoms with van der Waals surface area (Å²) in [5.74, 6) is 0.292. The van der Waals surface area contributed by atoms with E-state index in [4.69, 9.17) is 34.9 Å². The Kier molecular flexibility index (Phi) is 8.11. The molecule has 9 heteroatoms. The number of nitrogens with zero attached hydrogens (tertiary/aromatic N) is 9. The van der Waals surface area contributed by atoms with E-state index < -0.39 is 16.4 Å². The summed E-state index contributed by atoms with van der Waals surface area (Å²) in [6.07, 6.45) is 29.6. The SMILES string of the molecule is CC(C)c1ccnc(C2(c3cccc(C4(c5cccc(C6([N+]7=C=[N+](C)C=C7)c7cnccc7-c7ccncc76)c5)c5cnccc5-c5ccncc54)c3)c3cnccc3-c3ccncc32)c1. The third-order valence-electron chi connectivity index (χ3n) is 14.5. The molecule has 0 amide bonds. The molecule has 13 rings (SSSR count). The standard InChI is InChI=1S/C57H41N9/c1-36(2)37-10-23-64-54(26-37)56(50-31-60-19-13-44(50)45-14-20-61-32-51(45)56)40-8-4-6-38(27-40)55(48-29-58-17-11-42(48)43-12-18-59-30-49(43)55)39-7-5-9-41(28-39)57(66-25-24-65(3)35-66)52-33-62-21-15-46(52)47-16-22-63-34-53(47)57/h4-34,36H,1-3H3/q+2. The summed E-state index contributed by atoms with van der Waals surface area (Å²) in [5.41, 5.74) is 17.0. The first-order valence-electron chi connectivity index (χ1n) is 22.3. The van der Waals surface area contributed by atoms with Gasteiger partial charge in [0.1, 0.15) is 0 Å². The maximum Gasteiger partial charge on any atom is 0.490 e. The fraction of sp³-hybridized carbons (Fsp3) is 0.123. The highest BCUT2D eigenvalue weighted by atomic mass is 15.2. The predicted molar refractivity (Wildman–Crippen MR) is 252 cm³/mol. The molecule has 0 saturated carbocycles. The molecule has 1 aliphatic heterocycles. The van der Waals surface area contributed by atoms with Crippen molar-refractivity contribution in [3.63, 3.8) is 0 Å². The second-order valence-corrected chi connectivity index (χ2v) is 17.9. The number of pyridine rings is 7. The first-order valence-corrected chi connectivity index (χ1v) is 22.3. The van der Waals surface area contributed by atoms with Crippen LogP contribution in [-0.4, -0.2) is 57.1 Å². The zero-order valence-electron chi connectivity index (χ0n) is 36.5. The van der Waals surface area contributed by atoms with Gasteiger partial charge in [-0.2, -0.15) is 0 Å². The summed E-state index contributed by atoms with van der Waals surface area (Å²) in [5, 5.41) is 0. The Bertz CT molecular complexity index is 3480. The quantitative estimate of drug-likeness (QED) is 0.147. The zero-order valence-corrected chi connectivity index (χ0v) is 36.5. The molecule has 7 aromatic heterocycles. The second-order valence-electron chi connectivity index (χ2n) is 17.9. The highest BCUT2D eigenvalue weighted by molar-refractivity contribution is 5.88. The zero-order chi connectivity index (χ0) is 44.2. The maximum absolute atomic E-state index is 5.26. The fourth-order valence-electron chi connectivity index (χ4n) is 11.8. The van der Waals surface area contributed by atoms with Crippen LogP contribution in [0.15, 0.2) is 190 Å². The van der Waals surface area contributed by atoms with E-state index in [1.165, 1.54) is 5.56 Å². The minimum absolute atomic E-state index is 0.292. The smallest absolute Gasteiger partial charge is 0.264 e. The van der Waals surface area contributed by atoms with E-state index in [-0.39, 0.29) is 0 Å². The number of hydrogen-bond donors (Lipinski definition) is 0. The summed E-state index contributed by atoms with van der Waals surface area (Å²) >= 11 is 0. The van der Waals surface area contributed by atoms with Gasteiger partial charge >= 0.3 is 6.01 Å². The van der Waals surface area contributed by atoms with Crippen LogP contribution >= 0.6 is 0 Å². The Morgan fingerprint density at radius 3 is 1.30 bits per heavy atom. The molecule has 9 nitrogen and oxygen atoms in total. The molecule has 0 spiro atoms. The van der Waals surface area contributed by atoms with E-state index in [0.717, 1.165) is 94.7 Å². The van der Waals surface area contributed by atoms with Crippen molar-refractivity contribution >= 4 is 6.01 Å². The Labute approximate surface area is 382 Å². The maximum atomic E-state index is 5.26. The molecule has 0 bridgehead atoms. The van der Waals surface area contributed by atoms with Gasteiger partial charge in [0.05, 0.1) is 27.7 Å². The molecule has 312 valence electrons. The van der Waals surface area contributed by atoms with E-state index in [0.29, 0.717) is 5.92 Å². The van der Waals surface area contributed by atoms with E-state index in [9.17, 15) is 0 Å². The van der Waals surface area contributed by atoms with Crippen LogP contribution in [-0.2, 0) is 16.4 Å². The molecule has 9 aromatic rings. The minimum Gasteiger partial charge on any atom is -0.264 e. The highest BCUT2D eigenvalue weighted by Gasteiger charge is 2.58. The third-order valence-corrected chi connectivity index (χ3v) is 14.5.